The van der Waals surface area contributed by atoms with E-state index in [2.05, 4.69) is 13.2 Å². The largest absolute Gasteiger partial charge is 0.487 e. The molecule has 0 bridgehead atoms. The van der Waals surface area contributed by atoms with Gasteiger partial charge in [-0.05, 0) is 13.0 Å². The summed E-state index contributed by atoms with van der Waals surface area (Å²) in [6, 6.07) is 0. The molecule has 3 nitrogen and oxygen atoms in total. The first-order valence-corrected chi connectivity index (χ1v) is 4.32. The lowest BCUT2D eigenvalue weighted by molar-refractivity contribution is -0.141. The van der Waals surface area contributed by atoms with Crippen molar-refractivity contribution in [3.05, 3.63) is 25.0 Å². The van der Waals surface area contributed by atoms with Crippen LogP contribution in [-0.4, -0.2) is 19.2 Å². The lowest BCUT2D eigenvalue weighted by atomic mass is 10.4. The smallest absolute Gasteiger partial charge is 0.373 e. The summed E-state index contributed by atoms with van der Waals surface area (Å²) in [4.78, 5) is 11.0. The van der Waals surface area contributed by atoms with E-state index in [4.69, 9.17) is 9.47 Å². The summed E-state index contributed by atoms with van der Waals surface area (Å²) in [6.45, 7) is 9.61. The zero-order chi connectivity index (χ0) is 10.1. The van der Waals surface area contributed by atoms with Crippen molar-refractivity contribution in [1.82, 2.24) is 0 Å². The SMILES string of the molecule is C=CCOC(=O)C(=C)OCCCC. The maximum Gasteiger partial charge on any atom is 0.373 e. The van der Waals surface area contributed by atoms with Crippen molar-refractivity contribution in [2.24, 2.45) is 0 Å². The van der Waals surface area contributed by atoms with Crippen LogP contribution in [0.4, 0.5) is 0 Å². The highest BCUT2D eigenvalue weighted by molar-refractivity contribution is 5.85. The fourth-order valence-electron chi connectivity index (χ4n) is 0.614. The number of carbonyl (C=O) groups excluding carboxylic acids is 1. The van der Waals surface area contributed by atoms with E-state index in [9.17, 15) is 4.79 Å². The minimum absolute atomic E-state index is 0.0651. The zero-order valence-electron chi connectivity index (χ0n) is 8.04. The van der Waals surface area contributed by atoms with E-state index in [-0.39, 0.29) is 12.4 Å². The number of hydrogen-bond donors (Lipinski definition) is 0. The lowest BCUT2D eigenvalue weighted by Gasteiger charge is -2.06. The molecule has 0 saturated heterocycles. The van der Waals surface area contributed by atoms with Crippen LogP contribution in [0, 0.1) is 0 Å². The van der Waals surface area contributed by atoms with Gasteiger partial charge in [0.2, 0.25) is 0 Å². The fraction of sp³-hybridized carbons (Fsp3) is 0.500. The van der Waals surface area contributed by atoms with Gasteiger partial charge in [-0.3, -0.25) is 0 Å². The maximum absolute atomic E-state index is 11.0. The first kappa shape index (κ1) is 11.8. The summed E-state index contributed by atoms with van der Waals surface area (Å²) >= 11 is 0. The van der Waals surface area contributed by atoms with Crippen molar-refractivity contribution in [2.75, 3.05) is 13.2 Å². The third-order valence-electron chi connectivity index (χ3n) is 1.33. The first-order valence-electron chi connectivity index (χ1n) is 4.32. The Hall–Kier alpha value is -1.25. The van der Waals surface area contributed by atoms with Gasteiger partial charge in [-0.1, -0.05) is 26.0 Å². The third kappa shape index (κ3) is 5.96. The topological polar surface area (TPSA) is 35.5 Å². The van der Waals surface area contributed by atoms with Crippen LogP contribution in [0.2, 0.25) is 0 Å². The molecule has 3 heteroatoms. The van der Waals surface area contributed by atoms with Crippen LogP contribution >= 0.6 is 0 Å². The molecule has 0 radical (unpaired) electrons. The summed E-state index contributed by atoms with van der Waals surface area (Å²) in [6.07, 6.45) is 3.43. The molecule has 0 rings (SSSR count). The number of ether oxygens (including phenoxy) is 2. The second-order valence-electron chi connectivity index (χ2n) is 2.51. The summed E-state index contributed by atoms with van der Waals surface area (Å²) in [5.74, 6) is -0.452. The number of hydrogen-bond acceptors (Lipinski definition) is 3. The second kappa shape index (κ2) is 7.40. The Morgan fingerprint density at radius 2 is 2.15 bits per heavy atom. The van der Waals surface area contributed by atoms with Crippen molar-refractivity contribution < 1.29 is 14.3 Å². The molecule has 0 aromatic carbocycles. The molecule has 0 aromatic rings. The van der Waals surface area contributed by atoms with Gasteiger partial charge < -0.3 is 9.47 Å². The number of esters is 1. The molecule has 0 aliphatic rings. The highest BCUT2D eigenvalue weighted by atomic mass is 16.6. The third-order valence-corrected chi connectivity index (χ3v) is 1.33. The van der Waals surface area contributed by atoms with E-state index in [0.29, 0.717) is 6.61 Å². The zero-order valence-corrected chi connectivity index (χ0v) is 8.04. The minimum atomic E-state index is -0.518. The molecule has 13 heavy (non-hydrogen) atoms. The van der Waals surface area contributed by atoms with Gasteiger partial charge in [-0.2, -0.15) is 0 Å². The van der Waals surface area contributed by atoms with E-state index in [1.165, 1.54) is 6.08 Å². The molecule has 0 N–H and O–H groups in total. The van der Waals surface area contributed by atoms with E-state index in [1.54, 1.807) is 0 Å². The molecule has 0 aliphatic carbocycles. The highest BCUT2D eigenvalue weighted by Crippen LogP contribution is 1.99. The Labute approximate surface area is 79.0 Å². The molecule has 0 unspecified atom stereocenters. The van der Waals surface area contributed by atoms with E-state index in [1.807, 2.05) is 6.92 Å². The van der Waals surface area contributed by atoms with Crippen molar-refractivity contribution in [3.63, 3.8) is 0 Å². The lowest BCUT2D eigenvalue weighted by Crippen LogP contribution is -2.10. The predicted molar refractivity (Wildman–Crippen MR) is 51.2 cm³/mol. The molecular formula is C10H16O3. The van der Waals surface area contributed by atoms with Crippen LogP contribution in [0.25, 0.3) is 0 Å². The van der Waals surface area contributed by atoms with Crippen molar-refractivity contribution in [3.8, 4) is 0 Å². The Morgan fingerprint density at radius 1 is 1.46 bits per heavy atom. The average molecular weight is 184 g/mol. The van der Waals surface area contributed by atoms with Crippen molar-refractivity contribution >= 4 is 5.97 Å². The van der Waals surface area contributed by atoms with E-state index < -0.39 is 5.97 Å². The highest BCUT2D eigenvalue weighted by Gasteiger charge is 2.07. The summed E-state index contributed by atoms with van der Waals surface area (Å²) in [5.41, 5.74) is 0. The average Bonchev–Trinajstić information content (AvgIpc) is 2.14. The summed E-state index contributed by atoms with van der Waals surface area (Å²) < 4.78 is 9.74. The van der Waals surface area contributed by atoms with Crippen LogP contribution in [0.5, 0.6) is 0 Å². The fourth-order valence-corrected chi connectivity index (χ4v) is 0.614. The van der Waals surface area contributed by atoms with Crippen LogP contribution in [0.3, 0.4) is 0 Å². The minimum Gasteiger partial charge on any atom is -0.487 e. The number of rotatable bonds is 7. The van der Waals surface area contributed by atoms with Gasteiger partial charge in [0.1, 0.15) is 6.61 Å². The first-order chi connectivity index (χ1) is 6.22. The maximum atomic E-state index is 11.0. The molecule has 0 saturated carbocycles. The van der Waals surface area contributed by atoms with E-state index in [0.717, 1.165) is 12.8 Å². The Bertz CT molecular complexity index is 185. The Kier molecular flexibility index (Phi) is 6.69. The molecular weight excluding hydrogens is 168 g/mol. The van der Waals surface area contributed by atoms with Crippen molar-refractivity contribution in [2.45, 2.75) is 19.8 Å². The van der Waals surface area contributed by atoms with Crippen molar-refractivity contribution in [1.29, 1.82) is 0 Å². The van der Waals surface area contributed by atoms with Gasteiger partial charge in [0.05, 0.1) is 6.61 Å². The van der Waals surface area contributed by atoms with Crippen LogP contribution < -0.4 is 0 Å². The second-order valence-corrected chi connectivity index (χ2v) is 2.51. The van der Waals surface area contributed by atoms with Crippen LogP contribution in [-0.2, 0) is 14.3 Å². The van der Waals surface area contributed by atoms with E-state index >= 15 is 0 Å². The monoisotopic (exact) mass is 184 g/mol. The predicted octanol–water partition coefficient (Wildman–Crippen LogP) is 2.05. The van der Waals surface area contributed by atoms with Gasteiger partial charge in [-0.25, -0.2) is 4.79 Å². The summed E-state index contributed by atoms with van der Waals surface area (Å²) in [7, 11) is 0. The summed E-state index contributed by atoms with van der Waals surface area (Å²) in [5, 5.41) is 0. The van der Waals surface area contributed by atoms with Gasteiger partial charge in [0.15, 0.2) is 5.76 Å². The number of carbonyl (C=O) groups is 1. The van der Waals surface area contributed by atoms with Gasteiger partial charge in [0.25, 0.3) is 0 Å². The molecule has 74 valence electrons. The molecule has 0 aromatic heterocycles. The van der Waals surface area contributed by atoms with Gasteiger partial charge in [-0.15, -0.1) is 0 Å². The molecule has 0 aliphatic heterocycles. The van der Waals surface area contributed by atoms with Gasteiger partial charge in [0, 0.05) is 0 Å². The van der Waals surface area contributed by atoms with Crippen LogP contribution in [0.1, 0.15) is 19.8 Å². The normalized spacial score (nSPS) is 9.00. The Balaban J connectivity index is 3.57. The standard InChI is InChI=1S/C10H16O3/c1-4-6-8-12-9(3)10(11)13-7-5-2/h5H,2-4,6-8H2,1H3. The molecule has 0 spiro atoms. The van der Waals surface area contributed by atoms with Gasteiger partial charge >= 0.3 is 5.97 Å². The number of unbranched alkanes of at least 4 members (excludes halogenated alkanes) is 1. The molecule has 0 heterocycles. The molecule has 0 fully saturated rings. The Morgan fingerprint density at radius 3 is 2.69 bits per heavy atom. The van der Waals surface area contributed by atoms with Crippen LogP contribution in [0.15, 0.2) is 25.0 Å². The molecule has 0 atom stereocenters. The quantitative estimate of drug-likeness (QED) is 0.200. The molecule has 0 amide bonds.